The molecule has 7 nitrogen and oxygen atoms in total. The number of anilines is 1. The molecule has 4 aromatic rings. The Morgan fingerprint density at radius 1 is 0.949 bits per heavy atom. The zero-order valence-electron chi connectivity index (χ0n) is 22.6. The molecule has 0 spiro atoms. The lowest BCUT2D eigenvalue weighted by molar-refractivity contribution is 0.0702. The number of nitrogens with one attached hydrogen (secondary N) is 2. The molecular weight excluding hydrogens is 486 g/mol. The van der Waals surface area contributed by atoms with E-state index in [2.05, 4.69) is 57.9 Å². The molecule has 3 N–H and O–H groups in total. The maximum Gasteiger partial charge on any atom is 0.228 e. The molecule has 0 bridgehead atoms. The molecule has 0 unspecified atom stereocenters. The van der Waals surface area contributed by atoms with Crippen LogP contribution in [-0.2, 0) is 6.42 Å². The van der Waals surface area contributed by atoms with Crippen molar-refractivity contribution >= 4 is 16.7 Å². The quantitative estimate of drug-likeness (QED) is 0.272. The number of aromatic nitrogens is 3. The average Bonchev–Trinajstić information content (AvgIpc) is 2.97. The normalized spacial score (nSPS) is 21.5. The minimum Gasteiger partial charge on any atom is -0.437 e. The summed E-state index contributed by atoms with van der Waals surface area (Å²) in [5, 5.41) is 19.7. The molecule has 3 heterocycles. The summed E-state index contributed by atoms with van der Waals surface area (Å²) in [4.78, 5) is 13.9. The summed E-state index contributed by atoms with van der Waals surface area (Å²) in [5.41, 5.74) is 3.89. The van der Waals surface area contributed by atoms with Crippen molar-refractivity contribution in [1.82, 2.24) is 20.3 Å². The molecule has 6 rings (SSSR count). The third kappa shape index (κ3) is 5.75. The fourth-order valence-electron chi connectivity index (χ4n) is 6.03. The Balaban J connectivity index is 1.31. The number of aliphatic hydroxyl groups is 1. The van der Waals surface area contributed by atoms with Crippen LogP contribution in [0.15, 0.2) is 60.9 Å². The first-order valence-corrected chi connectivity index (χ1v) is 14.3. The second-order valence-electron chi connectivity index (χ2n) is 11.0. The highest BCUT2D eigenvalue weighted by atomic mass is 16.5. The summed E-state index contributed by atoms with van der Waals surface area (Å²) in [5.74, 6) is 2.25. The van der Waals surface area contributed by atoms with Gasteiger partial charge in [-0.25, -0.2) is 15.0 Å². The van der Waals surface area contributed by atoms with Gasteiger partial charge in [0.05, 0.1) is 17.4 Å². The largest absolute Gasteiger partial charge is 0.437 e. The van der Waals surface area contributed by atoms with E-state index in [9.17, 15) is 5.11 Å². The predicted octanol–water partition coefficient (Wildman–Crippen LogP) is 6.05. The highest BCUT2D eigenvalue weighted by molar-refractivity contribution is 5.92. The van der Waals surface area contributed by atoms with Gasteiger partial charge in [0, 0.05) is 30.4 Å². The van der Waals surface area contributed by atoms with Crippen LogP contribution in [0.4, 0.5) is 5.95 Å². The third-order valence-electron chi connectivity index (χ3n) is 8.18. The number of piperidine rings is 1. The Bertz CT molecular complexity index is 1440. The van der Waals surface area contributed by atoms with Gasteiger partial charge in [0.15, 0.2) is 0 Å². The molecular formula is C32H37N5O2. The lowest BCUT2D eigenvalue weighted by Crippen LogP contribution is -2.38. The van der Waals surface area contributed by atoms with Gasteiger partial charge in [0.2, 0.25) is 11.8 Å². The molecule has 202 valence electrons. The van der Waals surface area contributed by atoms with Crippen LogP contribution in [0.1, 0.15) is 49.7 Å². The van der Waals surface area contributed by atoms with Gasteiger partial charge in [0.25, 0.3) is 0 Å². The molecule has 1 saturated heterocycles. The number of aryl methyl sites for hydroxylation is 1. The van der Waals surface area contributed by atoms with E-state index in [0.29, 0.717) is 23.8 Å². The Kier molecular flexibility index (Phi) is 7.70. The van der Waals surface area contributed by atoms with Crippen LogP contribution in [0.3, 0.4) is 0 Å². The average molecular weight is 524 g/mol. The second-order valence-corrected chi connectivity index (χ2v) is 11.0. The molecule has 39 heavy (non-hydrogen) atoms. The molecule has 2 aliphatic rings. The number of fused-ring (bicyclic) bond motifs is 1. The molecule has 1 saturated carbocycles. The highest BCUT2D eigenvalue weighted by Crippen LogP contribution is 2.38. The summed E-state index contributed by atoms with van der Waals surface area (Å²) >= 11 is 0. The van der Waals surface area contributed by atoms with E-state index in [0.717, 1.165) is 79.6 Å². The van der Waals surface area contributed by atoms with E-state index in [4.69, 9.17) is 9.72 Å². The first-order chi connectivity index (χ1) is 19.2. The van der Waals surface area contributed by atoms with Crippen LogP contribution in [0.2, 0.25) is 0 Å². The van der Waals surface area contributed by atoms with Gasteiger partial charge in [-0.2, -0.15) is 0 Å². The maximum atomic E-state index is 10.6. The minimum atomic E-state index is -0.215. The van der Waals surface area contributed by atoms with Gasteiger partial charge in [-0.3, -0.25) is 0 Å². The maximum absolute atomic E-state index is 10.6. The van der Waals surface area contributed by atoms with E-state index in [1.54, 1.807) is 12.4 Å². The van der Waals surface area contributed by atoms with E-state index >= 15 is 0 Å². The summed E-state index contributed by atoms with van der Waals surface area (Å²) < 4.78 is 6.61. The third-order valence-corrected chi connectivity index (χ3v) is 8.18. The van der Waals surface area contributed by atoms with Crippen molar-refractivity contribution in [3.8, 4) is 22.9 Å². The molecule has 0 radical (unpaired) electrons. The summed E-state index contributed by atoms with van der Waals surface area (Å²) in [6, 6.07) is 16.8. The van der Waals surface area contributed by atoms with Crippen molar-refractivity contribution in [2.75, 3.05) is 18.4 Å². The van der Waals surface area contributed by atoms with Crippen molar-refractivity contribution in [3.63, 3.8) is 0 Å². The second kappa shape index (κ2) is 11.7. The summed E-state index contributed by atoms with van der Waals surface area (Å²) in [7, 11) is 0. The molecule has 0 amide bonds. The van der Waals surface area contributed by atoms with Gasteiger partial charge < -0.3 is 20.5 Å². The lowest BCUT2D eigenvalue weighted by atomic mass is 9.81. The molecule has 7 heteroatoms. The Hall–Kier alpha value is -3.55. The van der Waals surface area contributed by atoms with E-state index in [1.807, 2.05) is 18.2 Å². The minimum absolute atomic E-state index is 0.215. The number of pyridine rings is 1. The first kappa shape index (κ1) is 25.7. The molecule has 2 aromatic heterocycles. The fourth-order valence-corrected chi connectivity index (χ4v) is 6.03. The number of ether oxygens (including phenoxy) is 1. The zero-order chi connectivity index (χ0) is 26.6. The monoisotopic (exact) mass is 523 g/mol. The van der Waals surface area contributed by atoms with Gasteiger partial charge in [-0.15, -0.1) is 0 Å². The van der Waals surface area contributed by atoms with E-state index in [-0.39, 0.29) is 6.10 Å². The fraction of sp³-hybridized carbons (Fsp3) is 0.406. The zero-order valence-corrected chi connectivity index (χ0v) is 22.6. The van der Waals surface area contributed by atoms with Crippen LogP contribution in [0.5, 0.6) is 11.6 Å². The number of rotatable bonds is 7. The van der Waals surface area contributed by atoms with Gasteiger partial charge in [-0.05, 0) is 86.2 Å². The van der Waals surface area contributed by atoms with Gasteiger partial charge in [-0.1, -0.05) is 43.2 Å². The van der Waals surface area contributed by atoms with Crippen LogP contribution in [0.25, 0.3) is 22.0 Å². The van der Waals surface area contributed by atoms with Crippen molar-refractivity contribution in [3.05, 3.63) is 72.1 Å². The molecule has 1 aliphatic heterocycles. The lowest BCUT2D eigenvalue weighted by Gasteiger charge is -2.28. The van der Waals surface area contributed by atoms with Crippen molar-refractivity contribution in [1.29, 1.82) is 0 Å². The Labute approximate surface area is 230 Å². The number of benzene rings is 2. The van der Waals surface area contributed by atoms with Crippen molar-refractivity contribution in [2.24, 2.45) is 5.92 Å². The molecule has 1 aliphatic carbocycles. The predicted molar refractivity (Wildman–Crippen MR) is 155 cm³/mol. The number of hydrogen-bond donors (Lipinski definition) is 3. The Morgan fingerprint density at radius 3 is 2.74 bits per heavy atom. The van der Waals surface area contributed by atoms with E-state index < -0.39 is 0 Å². The van der Waals surface area contributed by atoms with Crippen molar-refractivity contribution in [2.45, 2.75) is 64.0 Å². The first-order valence-electron chi connectivity index (χ1n) is 14.3. The number of hydrogen-bond acceptors (Lipinski definition) is 7. The standard InChI is InChI=1S/C32H37N5O2/c1-21-13-14-25-22(19-23-7-2-3-12-29(23)38)8-4-10-26(25)30(21)39-31-27(11-6-17-34-31)28-15-18-35-32(37-28)36-24-9-5-16-33-20-24/h4,6,8,10-11,13-15,17-18,23-24,29,33,38H,2-3,5,7,9,12,16,19-20H2,1H3,(H,35,36,37)/t23-,24-,29+/m0/s1. The van der Waals surface area contributed by atoms with Gasteiger partial charge in [0.1, 0.15) is 5.75 Å². The highest BCUT2D eigenvalue weighted by Gasteiger charge is 2.24. The topological polar surface area (TPSA) is 92.2 Å². The molecule has 2 fully saturated rings. The van der Waals surface area contributed by atoms with Crippen molar-refractivity contribution < 1.29 is 9.84 Å². The number of aliphatic hydroxyl groups excluding tert-OH is 1. The summed E-state index contributed by atoms with van der Waals surface area (Å²) in [6.45, 7) is 4.05. The van der Waals surface area contributed by atoms with Crippen LogP contribution in [0, 0.1) is 12.8 Å². The van der Waals surface area contributed by atoms with Crippen LogP contribution >= 0.6 is 0 Å². The summed E-state index contributed by atoms with van der Waals surface area (Å²) in [6.07, 6.45) is 10.8. The Morgan fingerprint density at radius 2 is 1.87 bits per heavy atom. The SMILES string of the molecule is Cc1ccc2c(C[C@@H]3CCCC[C@H]3O)cccc2c1Oc1ncccc1-c1ccnc(N[C@H]2CCCNC2)n1. The van der Waals surface area contributed by atoms with E-state index in [1.165, 1.54) is 17.4 Å². The van der Waals surface area contributed by atoms with Crippen LogP contribution in [-0.4, -0.2) is 45.3 Å². The smallest absolute Gasteiger partial charge is 0.228 e. The number of nitrogens with zero attached hydrogens (tertiary/aromatic N) is 3. The van der Waals surface area contributed by atoms with Gasteiger partial charge >= 0.3 is 0 Å². The van der Waals surface area contributed by atoms with Crippen LogP contribution < -0.4 is 15.4 Å². The molecule has 3 atom stereocenters. The molecule has 2 aromatic carbocycles.